The highest BCUT2D eigenvalue weighted by Crippen LogP contribution is 2.26. The van der Waals surface area contributed by atoms with Gasteiger partial charge in [0, 0.05) is 26.2 Å². The van der Waals surface area contributed by atoms with E-state index >= 15 is 0 Å². The molecule has 114 valence electrons. The third-order valence-electron chi connectivity index (χ3n) is 3.50. The van der Waals surface area contributed by atoms with Crippen molar-refractivity contribution in [3.05, 3.63) is 29.8 Å². The minimum atomic E-state index is -0.548. The largest absolute Gasteiger partial charge is 0.491 e. The number of hydrogen-bond acceptors (Lipinski definition) is 5. The second kappa shape index (κ2) is 7.99. The zero-order chi connectivity index (χ0) is 15.1. The van der Waals surface area contributed by atoms with Gasteiger partial charge in [-0.3, -0.25) is 4.90 Å². The van der Waals surface area contributed by atoms with E-state index in [9.17, 15) is 5.11 Å². The average molecular weight is 290 g/mol. The van der Waals surface area contributed by atoms with E-state index < -0.39 is 6.10 Å². The molecule has 1 fully saturated rings. The maximum atomic E-state index is 10.1. The Bertz CT molecular complexity index is 483. The number of nitrogens with zero attached hydrogens (tertiary/aromatic N) is 2. The fourth-order valence-electron chi connectivity index (χ4n) is 2.24. The molecule has 0 heterocycles. The van der Waals surface area contributed by atoms with Crippen LogP contribution in [0.1, 0.15) is 18.4 Å². The summed E-state index contributed by atoms with van der Waals surface area (Å²) in [5, 5.41) is 18.9. The minimum absolute atomic E-state index is 0.227. The summed E-state index contributed by atoms with van der Waals surface area (Å²) in [6, 6.07) is 9.61. The van der Waals surface area contributed by atoms with E-state index in [1.165, 1.54) is 12.8 Å². The van der Waals surface area contributed by atoms with Crippen LogP contribution in [0.5, 0.6) is 5.75 Å². The maximum Gasteiger partial charge on any atom is 0.120 e. The monoisotopic (exact) mass is 290 g/mol. The van der Waals surface area contributed by atoms with Gasteiger partial charge in [-0.05, 0) is 31.0 Å². The second-order valence-corrected chi connectivity index (χ2v) is 5.32. The topological polar surface area (TPSA) is 65.7 Å². The van der Waals surface area contributed by atoms with E-state index in [-0.39, 0.29) is 6.61 Å². The van der Waals surface area contributed by atoms with Crippen LogP contribution >= 0.6 is 0 Å². The standard InChI is InChI=1S/C16H22N2O3/c1-20-8-7-18(14-5-6-14)11-15(19)12-21-16-4-2-3-13(9-16)10-17/h2-4,9,14-15,19H,5-8,11-12H2,1H3. The van der Waals surface area contributed by atoms with Gasteiger partial charge in [0.1, 0.15) is 18.5 Å². The summed E-state index contributed by atoms with van der Waals surface area (Å²) < 4.78 is 10.7. The van der Waals surface area contributed by atoms with E-state index in [2.05, 4.69) is 11.0 Å². The number of ether oxygens (including phenoxy) is 2. The Morgan fingerprint density at radius 2 is 2.29 bits per heavy atom. The first-order chi connectivity index (χ1) is 10.2. The maximum absolute atomic E-state index is 10.1. The van der Waals surface area contributed by atoms with Crippen LogP contribution in [-0.2, 0) is 4.74 Å². The van der Waals surface area contributed by atoms with E-state index in [4.69, 9.17) is 14.7 Å². The number of hydrogen-bond donors (Lipinski definition) is 1. The quantitative estimate of drug-likeness (QED) is 0.745. The van der Waals surface area contributed by atoms with Crippen LogP contribution in [0.3, 0.4) is 0 Å². The highest BCUT2D eigenvalue weighted by molar-refractivity contribution is 5.36. The van der Waals surface area contributed by atoms with E-state index in [0.717, 1.165) is 6.54 Å². The second-order valence-electron chi connectivity index (χ2n) is 5.32. The van der Waals surface area contributed by atoms with Crippen LogP contribution < -0.4 is 4.74 Å². The lowest BCUT2D eigenvalue weighted by atomic mass is 10.2. The van der Waals surface area contributed by atoms with Gasteiger partial charge in [-0.1, -0.05) is 6.07 Å². The molecule has 0 spiro atoms. The SMILES string of the molecule is COCCN(CC(O)COc1cccc(C#N)c1)C1CC1. The van der Waals surface area contributed by atoms with Crippen molar-refractivity contribution in [2.45, 2.75) is 25.0 Å². The van der Waals surface area contributed by atoms with E-state index in [1.807, 2.05) is 0 Å². The van der Waals surface area contributed by atoms with Gasteiger partial charge in [0.05, 0.1) is 18.2 Å². The van der Waals surface area contributed by atoms with Crippen molar-refractivity contribution >= 4 is 0 Å². The summed E-state index contributed by atoms with van der Waals surface area (Å²) in [6.45, 7) is 2.33. The predicted octanol–water partition coefficient (Wildman–Crippen LogP) is 1.41. The molecule has 1 aliphatic carbocycles. The van der Waals surface area contributed by atoms with Crippen molar-refractivity contribution in [2.24, 2.45) is 0 Å². The Morgan fingerprint density at radius 3 is 2.95 bits per heavy atom. The molecule has 1 aromatic carbocycles. The van der Waals surface area contributed by atoms with Crippen molar-refractivity contribution in [1.82, 2.24) is 4.90 Å². The Hall–Kier alpha value is -1.61. The number of benzene rings is 1. The molecule has 0 aromatic heterocycles. The fourth-order valence-corrected chi connectivity index (χ4v) is 2.24. The van der Waals surface area contributed by atoms with E-state index in [1.54, 1.807) is 31.4 Å². The molecule has 0 radical (unpaired) electrons. The van der Waals surface area contributed by atoms with Gasteiger partial charge in [0.2, 0.25) is 0 Å². The molecule has 1 aliphatic rings. The van der Waals surface area contributed by atoms with Gasteiger partial charge in [-0.15, -0.1) is 0 Å². The Labute approximate surface area is 125 Å². The Kier molecular flexibility index (Phi) is 6.00. The third kappa shape index (κ3) is 5.35. The lowest BCUT2D eigenvalue weighted by molar-refractivity contribution is 0.0540. The zero-order valence-electron chi connectivity index (χ0n) is 12.4. The molecular weight excluding hydrogens is 268 g/mol. The molecule has 1 aromatic rings. The molecule has 1 unspecified atom stereocenters. The van der Waals surface area contributed by atoms with Gasteiger partial charge in [0.15, 0.2) is 0 Å². The highest BCUT2D eigenvalue weighted by Gasteiger charge is 2.29. The van der Waals surface area contributed by atoms with Crippen LogP contribution in [-0.4, -0.2) is 55.6 Å². The predicted molar refractivity (Wildman–Crippen MR) is 79.1 cm³/mol. The highest BCUT2D eigenvalue weighted by atomic mass is 16.5. The summed E-state index contributed by atoms with van der Waals surface area (Å²) in [6.07, 6.45) is 1.84. The molecule has 1 saturated carbocycles. The zero-order valence-corrected chi connectivity index (χ0v) is 12.4. The van der Waals surface area contributed by atoms with Crippen LogP contribution in [0.25, 0.3) is 0 Å². The average Bonchev–Trinajstić information content (AvgIpc) is 3.34. The van der Waals surface area contributed by atoms with Gasteiger partial charge in [-0.2, -0.15) is 5.26 Å². The molecular formula is C16H22N2O3. The number of nitriles is 1. The van der Waals surface area contributed by atoms with Crippen molar-refractivity contribution in [3.8, 4) is 11.8 Å². The van der Waals surface area contributed by atoms with Crippen molar-refractivity contribution in [1.29, 1.82) is 5.26 Å². The van der Waals surface area contributed by atoms with Gasteiger partial charge < -0.3 is 14.6 Å². The van der Waals surface area contributed by atoms with Gasteiger partial charge in [-0.25, -0.2) is 0 Å². The van der Waals surface area contributed by atoms with E-state index in [0.29, 0.717) is 30.5 Å². The summed E-state index contributed by atoms with van der Waals surface area (Å²) in [5.74, 6) is 0.614. The minimum Gasteiger partial charge on any atom is -0.491 e. The molecule has 21 heavy (non-hydrogen) atoms. The normalized spacial score (nSPS) is 15.7. The number of methoxy groups -OCH3 is 1. The van der Waals surface area contributed by atoms with Crippen LogP contribution in [0.4, 0.5) is 0 Å². The first-order valence-corrected chi connectivity index (χ1v) is 7.27. The molecule has 0 aliphatic heterocycles. The van der Waals surface area contributed by atoms with Crippen LogP contribution in [0, 0.1) is 11.3 Å². The lowest BCUT2D eigenvalue weighted by Crippen LogP contribution is -2.38. The summed E-state index contributed by atoms with van der Waals surface area (Å²) in [4.78, 5) is 2.25. The summed E-state index contributed by atoms with van der Waals surface area (Å²) in [7, 11) is 1.69. The Morgan fingerprint density at radius 1 is 1.48 bits per heavy atom. The molecule has 0 saturated heterocycles. The van der Waals surface area contributed by atoms with Gasteiger partial charge in [0.25, 0.3) is 0 Å². The van der Waals surface area contributed by atoms with Gasteiger partial charge >= 0.3 is 0 Å². The molecule has 1 atom stereocenters. The number of aliphatic hydroxyl groups is 1. The molecule has 5 nitrogen and oxygen atoms in total. The molecule has 5 heteroatoms. The van der Waals surface area contributed by atoms with Crippen molar-refractivity contribution in [3.63, 3.8) is 0 Å². The van der Waals surface area contributed by atoms with Crippen molar-refractivity contribution in [2.75, 3.05) is 33.4 Å². The number of aliphatic hydroxyl groups excluding tert-OH is 1. The number of rotatable bonds is 9. The molecule has 0 bridgehead atoms. The fraction of sp³-hybridized carbons (Fsp3) is 0.562. The molecule has 1 N–H and O–H groups in total. The van der Waals surface area contributed by atoms with Crippen molar-refractivity contribution < 1.29 is 14.6 Å². The smallest absolute Gasteiger partial charge is 0.120 e. The van der Waals surface area contributed by atoms with Crippen LogP contribution in [0.2, 0.25) is 0 Å². The molecule has 2 rings (SSSR count). The molecule has 0 amide bonds. The lowest BCUT2D eigenvalue weighted by Gasteiger charge is -2.24. The Balaban J connectivity index is 1.77. The summed E-state index contributed by atoms with van der Waals surface area (Å²) >= 11 is 0. The third-order valence-corrected chi connectivity index (χ3v) is 3.50. The first kappa shape index (κ1) is 15.8. The van der Waals surface area contributed by atoms with Crippen LogP contribution in [0.15, 0.2) is 24.3 Å². The summed E-state index contributed by atoms with van der Waals surface area (Å²) in [5.41, 5.74) is 0.557. The first-order valence-electron chi connectivity index (χ1n) is 7.27.